The van der Waals surface area contributed by atoms with Crippen LogP contribution < -0.4 is 5.32 Å². The van der Waals surface area contributed by atoms with Gasteiger partial charge in [-0.15, -0.1) is 11.3 Å². The van der Waals surface area contributed by atoms with E-state index in [0.717, 1.165) is 18.1 Å². The van der Waals surface area contributed by atoms with Crippen LogP contribution in [0, 0.1) is 0 Å². The number of piperidine rings is 1. The Bertz CT molecular complexity index is 564. The number of hydrogen-bond acceptors (Lipinski definition) is 3. The number of rotatable bonds is 6. The van der Waals surface area contributed by atoms with Crippen LogP contribution in [0.5, 0.6) is 0 Å². The molecule has 118 valence electrons. The summed E-state index contributed by atoms with van der Waals surface area (Å²) in [6, 6.07) is 13.0. The third-order valence-corrected chi connectivity index (χ3v) is 5.66. The van der Waals surface area contributed by atoms with Gasteiger partial charge < -0.3 is 5.32 Å². The molecule has 0 bridgehead atoms. The monoisotopic (exact) mass is 334 g/mol. The third kappa shape index (κ3) is 4.11. The lowest BCUT2D eigenvalue weighted by Crippen LogP contribution is -2.38. The first-order chi connectivity index (χ1) is 10.8. The van der Waals surface area contributed by atoms with Gasteiger partial charge in [-0.3, -0.25) is 4.90 Å². The van der Waals surface area contributed by atoms with E-state index in [9.17, 15) is 0 Å². The number of halogens is 1. The van der Waals surface area contributed by atoms with E-state index in [0.29, 0.717) is 6.04 Å². The van der Waals surface area contributed by atoms with Crippen molar-refractivity contribution in [3.63, 3.8) is 0 Å². The van der Waals surface area contributed by atoms with E-state index >= 15 is 0 Å². The summed E-state index contributed by atoms with van der Waals surface area (Å²) in [4.78, 5) is 4.10. The fourth-order valence-corrected chi connectivity index (χ4v) is 4.17. The minimum atomic E-state index is 0.489. The first-order valence-electron chi connectivity index (χ1n) is 8.06. The van der Waals surface area contributed by atoms with E-state index in [2.05, 4.69) is 33.8 Å². The summed E-state index contributed by atoms with van der Waals surface area (Å²) in [5, 5.41) is 6.64. The molecule has 1 aliphatic heterocycles. The van der Waals surface area contributed by atoms with E-state index in [1.165, 1.54) is 42.8 Å². The molecule has 0 saturated carbocycles. The predicted octanol–water partition coefficient (Wildman–Crippen LogP) is 4.72. The van der Waals surface area contributed by atoms with Crippen molar-refractivity contribution in [3.05, 3.63) is 57.2 Å². The van der Waals surface area contributed by atoms with Gasteiger partial charge in [-0.05, 0) is 49.0 Å². The van der Waals surface area contributed by atoms with Crippen molar-refractivity contribution in [3.8, 4) is 0 Å². The van der Waals surface area contributed by atoms with Gasteiger partial charge in [-0.25, -0.2) is 0 Å². The molecule has 1 fully saturated rings. The largest absolute Gasteiger partial charge is 0.311 e. The predicted molar refractivity (Wildman–Crippen MR) is 95.6 cm³/mol. The molecular formula is C18H23ClN2S. The molecule has 1 saturated heterocycles. The zero-order valence-corrected chi connectivity index (χ0v) is 14.4. The Morgan fingerprint density at radius 3 is 2.64 bits per heavy atom. The zero-order chi connectivity index (χ0) is 15.2. The molecule has 3 rings (SSSR count). The second-order valence-corrected chi connectivity index (χ2v) is 7.24. The Hall–Kier alpha value is -0.870. The van der Waals surface area contributed by atoms with Gasteiger partial charge in [0.15, 0.2) is 0 Å². The molecule has 1 unspecified atom stereocenters. The van der Waals surface area contributed by atoms with Gasteiger partial charge in [0.2, 0.25) is 0 Å². The first kappa shape index (κ1) is 16.0. The molecule has 0 aliphatic carbocycles. The fourth-order valence-electron chi connectivity index (χ4n) is 3.11. The quantitative estimate of drug-likeness (QED) is 0.822. The maximum absolute atomic E-state index is 6.24. The molecule has 1 N–H and O–H groups in total. The summed E-state index contributed by atoms with van der Waals surface area (Å²) in [5.74, 6) is 0. The fraction of sp³-hybridized carbons (Fsp3) is 0.444. The summed E-state index contributed by atoms with van der Waals surface area (Å²) in [5.41, 5.74) is 1.17. The molecule has 0 radical (unpaired) electrons. The minimum absolute atomic E-state index is 0.489. The van der Waals surface area contributed by atoms with Crippen LogP contribution in [0.25, 0.3) is 0 Å². The van der Waals surface area contributed by atoms with Gasteiger partial charge in [0.25, 0.3) is 0 Å². The van der Waals surface area contributed by atoms with Crippen LogP contribution in [-0.4, -0.2) is 24.5 Å². The molecule has 0 amide bonds. The molecule has 2 heterocycles. The van der Waals surface area contributed by atoms with Crippen molar-refractivity contribution in [1.29, 1.82) is 0 Å². The number of thiophene rings is 1. The molecule has 2 nitrogen and oxygen atoms in total. The van der Waals surface area contributed by atoms with E-state index in [1.807, 2.05) is 29.5 Å². The molecule has 1 aromatic carbocycles. The Morgan fingerprint density at radius 2 is 1.91 bits per heavy atom. The Kier molecular flexibility index (Phi) is 5.90. The standard InChI is InChI=1S/C18H23ClN2S/c19-16-8-3-2-7-15(16)13-20-14-17(18-9-6-12-22-18)21-10-4-1-5-11-21/h2-3,6-9,12,17,20H,1,4-5,10-11,13-14H2. The summed E-state index contributed by atoms with van der Waals surface area (Å²) < 4.78 is 0. The van der Waals surface area contributed by atoms with Crippen LogP contribution in [0.1, 0.15) is 35.7 Å². The molecule has 2 aromatic rings. The summed E-state index contributed by atoms with van der Waals surface area (Å²) in [7, 11) is 0. The lowest BCUT2D eigenvalue weighted by molar-refractivity contribution is 0.162. The van der Waals surface area contributed by atoms with E-state index in [1.54, 1.807) is 0 Å². The molecule has 1 aliphatic rings. The van der Waals surface area contributed by atoms with Crippen LogP contribution in [0.2, 0.25) is 5.02 Å². The summed E-state index contributed by atoms with van der Waals surface area (Å²) in [6.45, 7) is 4.24. The molecule has 22 heavy (non-hydrogen) atoms. The maximum atomic E-state index is 6.24. The molecular weight excluding hydrogens is 312 g/mol. The normalized spacial score (nSPS) is 17.5. The smallest absolute Gasteiger partial charge is 0.0566 e. The van der Waals surface area contributed by atoms with Gasteiger partial charge in [0.05, 0.1) is 6.04 Å². The summed E-state index contributed by atoms with van der Waals surface area (Å²) in [6.07, 6.45) is 4.03. The number of likely N-dealkylation sites (tertiary alicyclic amines) is 1. The van der Waals surface area contributed by atoms with E-state index in [-0.39, 0.29) is 0 Å². The van der Waals surface area contributed by atoms with Crippen LogP contribution in [-0.2, 0) is 6.54 Å². The van der Waals surface area contributed by atoms with Crippen molar-refractivity contribution in [1.82, 2.24) is 10.2 Å². The average Bonchev–Trinajstić information content (AvgIpc) is 3.08. The number of benzene rings is 1. The lowest BCUT2D eigenvalue weighted by atomic mass is 10.1. The number of nitrogens with one attached hydrogen (secondary N) is 1. The Morgan fingerprint density at radius 1 is 1.09 bits per heavy atom. The Balaban J connectivity index is 1.62. The van der Waals surface area contributed by atoms with E-state index in [4.69, 9.17) is 11.6 Å². The Labute approximate surface area is 142 Å². The molecule has 1 atom stereocenters. The van der Waals surface area contributed by atoms with Gasteiger partial charge in [-0.2, -0.15) is 0 Å². The highest BCUT2D eigenvalue weighted by atomic mass is 35.5. The van der Waals surface area contributed by atoms with Crippen molar-refractivity contribution in [2.75, 3.05) is 19.6 Å². The lowest BCUT2D eigenvalue weighted by Gasteiger charge is -2.34. The minimum Gasteiger partial charge on any atom is -0.311 e. The number of nitrogens with zero attached hydrogens (tertiary/aromatic N) is 1. The first-order valence-corrected chi connectivity index (χ1v) is 9.32. The SMILES string of the molecule is Clc1ccccc1CNCC(c1cccs1)N1CCCCC1. The van der Waals surface area contributed by atoms with Crippen molar-refractivity contribution in [2.45, 2.75) is 31.8 Å². The van der Waals surface area contributed by atoms with Crippen LogP contribution in [0.3, 0.4) is 0 Å². The molecule has 4 heteroatoms. The van der Waals surface area contributed by atoms with Crippen LogP contribution >= 0.6 is 22.9 Å². The summed E-state index contributed by atoms with van der Waals surface area (Å²) >= 11 is 8.11. The molecule has 0 spiro atoms. The van der Waals surface area contributed by atoms with Crippen molar-refractivity contribution in [2.24, 2.45) is 0 Å². The second kappa shape index (κ2) is 8.11. The maximum Gasteiger partial charge on any atom is 0.0566 e. The van der Waals surface area contributed by atoms with Crippen LogP contribution in [0.15, 0.2) is 41.8 Å². The average molecular weight is 335 g/mol. The van der Waals surface area contributed by atoms with Crippen molar-refractivity contribution < 1.29 is 0 Å². The van der Waals surface area contributed by atoms with Crippen molar-refractivity contribution >= 4 is 22.9 Å². The van der Waals surface area contributed by atoms with Crippen LogP contribution in [0.4, 0.5) is 0 Å². The zero-order valence-electron chi connectivity index (χ0n) is 12.8. The highest BCUT2D eigenvalue weighted by Gasteiger charge is 2.22. The second-order valence-electron chi connectivity index (χ2n) is 5.85. The number of hydrogen-bond donors (Lipinski definition) is 1. The topological polar surface area (TPSA) is 15.3 Å². The highest BCUT2D eigenvalue weighted by molar-refractivity contribution is 7.10. The highest BCUT2D eigenvalue weighted by Crippen LogP contribution is 2.27. The van der Waals surface area contributed by atoms with Gasteiger partial charge in [0, 0.05) is 23.0 Å². The van der Waals surface area contributed by atoms with Gasteiger partial charge in [-0.1, -0.05) is 42.3 Å². The molecule has 1 aromatic heterocycles. The van der Waals surface area contributed by atoms with Gasteiger partial charge in [0.1, 0.15) is 0 Å². The van der Waals surface area contributed by atoms with Gasteiger partial charge >= 0.3 is 0 Å². The van der Waals surface area contributed by atoms with E-state index < -0.39 is 0 Å². The third-order valence-electron chi connectivity index (χ3n) is 4.31.